The van der Waals surface area contributed by atoms with Crippen LogP contribution in [0.5, 0.6) is 0 Å². The van der Waals surface area contributed by atoms with Crippen molar-refractivity contribution in [2.24, 2.45) is 0 Å². The third-order valence-electron chi connectivity index (χ3n) is 1.76. The highest BCUT2D eigenvalue weighted by molar-refractivity contribution is 6.63. The summed E-state index contributed by atoms with van der Waals surface area (Å²) in [6, 6.07) is 0.0521. The summed E-state index contributed by atoms with van der Waals surface area (Å²) >= 11 is 0. The van der Waals surface area contributed by atoms with E-state index in [1.165, 1.54) is 21.3 Å². The van der Waals surface area contributed by atoms with Crippen molar-refractivity contribution in [2.45, 2.75) is 19.4 Å². The summed E-state index contributed by atoms with van der Waals surface area (Å²) in [4.78, 5) is 11.3. The van der Waals surface area contributed by atoms with E-state index in [9.17, 15) is 4.79 Å². The van der Waals surface area contributed by atoms with Gasteiger partial charge in [-0.15, -0.1) is 0 Å². The maximum absolute atomic E-state index is 11.3. The van der Waals surface area contributed by atoms with E-state index in [0.717, 1.165) is 6.42 Å². The first kappa shape index (κ1) is 13.6. The minimum absolute atomic E-state index is 0.0521. The molecule has 0 aliphatic carbocycles. The van der Waals surface area contributed by atoms with Gasteiger partial charge in [-0.2, -0.15) is 0 Å². The Hall–Kier alpha value is -0.433. The molecular formula is C8H18O5Si. The minimum atomic E-state index is -2.81. The molecule has 0 amide bonds. The van der Waals surface area contributed by atoms with E-state index in [1.54, 1.807) is 0 Å². The smallest absolute Gasteiger partial charge is 0.466 e. The van der Waals surface area contributed by atoms with Crippen LogP contribution in [0.1, 0.15) is 13.3 Å². The second-order valence-corrected chi connectivity index (χ2v) is 5.64. The molecule has 0 aromatic carbocycles. The number of carbonyl (C=O) groups is 1. The van der Waals surface area contributed by atoms with Crippen LogP contribution in [-0.4, -0.2) is 42.7 Å². The first-order valence-electron chi connectivity index (χ1n) is 4.45. The fraction of sp³-hybridized carbons (Fsp3) is 0.875. The van der Waals surface area contributed by atoms with Crippen molar-refractivity contribution in [3.05, 3.63) is 0 Å². The standard InChI is InChI=1S/C8H18O5Si/c1-5-6-13-8(9)7-14(10-2,11-3)12-4/h5-7H2,1-4H3. The van der Waals surface area contributed by atoms with E-state index >= 15 is 0 Å². The molecule has 84 valence electrons. The molecule has 14 heavy (non-hydrogen) atoms. The first-order valence-corrected chi connectivity index (χ1v) is 6.38. The predicted molar refractivity (Wildman–Crippen MR) is 52.8 cm³/mol. The van der Waals surface area contributed by atoms with Crippen molar-refractivity contribution >= 4 is 14.8 Å². The molecule has 0 aliphatic heterocycles. The van der Waals surface area contributed by atoms with Crippen LogP contribution in [0.3, 0.4) is 0 Å². The lowest BCUT2D eigenvalue weighted by molar-refractivity contribution is -0.142. The van der Waals surface area contributed by atoms with E-state index in [1.807, 2.05) is 6.92 Å². The fourth-order valence-corrected chi connectivity index (χ4v) is 2.30. The van der Waals surface area contributed by atoms with Crippen molar-refractivity contribution in [1.82, 2.24) is 0 Å². The lowest BCUT2D eigenvalue weighted by atomic mass is 10.5. The van der Waals surface area contributed by atoms with Gasteiger partial charge < -0.3 is 18.0 Å². The van der Waals surface area contributed by atoms with Crippen molar-refractivity contribution in [2.75, 3.05) is 27.9 Å². The van der Waals surface area contributed by atoms with Crippen molar-refractivity contribution < 1.29 is 22.8 Å². The van der Waals surface area contributed by atoms with Gasteiger partial charge in [-0.05, 0) is 6.42 Å². The quantitative estimate of drug-likeness (QED) is 0.471. The zero-order valence-corrected chi connectivity index (χ0v) is 10.2. The lowest BCUT2D eigenvalue weighted by Crippen LogP contribution is -2.45. The third-order valence-corrected chi connectivity index (χ3v) is 4.35. The van der Waals surface area contributed by atoms with Crippen LogP contribution >= 0.6 is 0 Å². The van der Waals surface area contributed by atoms with Gasteiger partial charge in [0.05, 0.1) is 6.61 Å². The van der Waals surface area contributed by atoms with Crippen molar-refractivity contribution in [3.8, 4) is 0 Å². The molecular weight excluding hydrogens is 204 g/mol. The summed E-state index contributed by atoms with van der Waals surface area (Å²) in [5.41, 5.74) is 0. The van der Waals surface area contributed by atoms with Gasteiger partial charge in [0.15, 0.2) is 0 Å². The Labute approximate surface area is 85.7 Å². The van der Waals surface area contributed by atoms with Gasteiger partial charge in [0.25, 0.3) is 0 Å². The molecule has 0 radical (unpaired) electrons. The second-order valence-electron chi connectivity index (χ2n) is 2.69. The SMILES string of the molecule is CCCOC(=O)C[Si](OC)(OC)OC. The molecule has 0 unspecified atom stereocenters. The highest BCUT2D eigenvalue weighted by Crippen LogP contribution is 2.13. The Balaban J connectivity index is 4.08. The first-order chi connectivity index (χ1) is 6.64. The number of esters is 1. The molecule has 0 atom stereocenters. The topological polar surface area (TPSA) is 54.0 Å². The summed E-state index contributed by atoms with van der Waals surface area (Å²) < 4.78 is 20.1. The van der Waals surface area contributed by atoms with Gasteiger partial charge in [-0.25, -0.2) is 0 Å². The summed E-state index contributed by atoms with van der Waals surface area (Å²) in [5, 5.41) is 0. The normalized spacial score (nSPS) is 11.4. The van der Waals surface area contributed by atoms with Gasteiger partial charge in [-0.1, -0.05) is 6.92 Å². The Morgan fingerprint density at radius 1 is 1.14 bits per heavy atom. The molecule has 0 saturated heterocycles. The Kier molecular flexibility index (Phi) is 6.72. The van der Waals surface area contributed by atoms with Crippen LogP contribution < -0.4 is 0 Å². The van der Waals surface area contributed by atoms with E-state index in [4.69, 9.17) is 18.0 Å². The molecule has 0 spiro atoms. The molecule has 0 N–H and O–H groups in total. The van der Waals surface area contributed by atoms with E-state index in [0.29, 0.717) is 6.61 Å². The number of rotatable bonds is 7. The maximum atomic E-state index is 11.3. The highest BCUT2D eigenvalue weighted by atomic mass is 28.4. The third kappa shape index (κ3) is 4.19. The Bertz CT molecular complexity index is 161. The molecule has 5 nitrogen and oxygen atoms in total. The van der Waals surface area contributed by atoms with E-state index in [-0.39, 0.29) is 12.0 Å². The van der Waals surface area contributed by atoms with Crippen LogP contribution in [-0.2, 0) is 22.8 Å². The molecule has 0 fully saturated rings. The second kappa shape index (κ2) is 6.94. The van der Waals surface area contributed by atoms with Gasteiger partial charge >= 0.3 is 14.8 Å². The zero-order valence-electron chi connectivity index (χ0n) is 9.16. The van der Waals surface area contributed by atoms with Crippen molar-refractivity contribution in [3.63, 3.8) is 0 Å². The van der Waals surface area contributed by atoms with E-state index in [2.05, 4.69) is 0 Å². The largest absolute Gasteiger partial charge is 0.511 e. The highest BCUT2D eigenvalue weighted by Gasteiger charge is 2.41. The zero-order chi connectivity index (χ0) is 11.0. The molecule has 0 rings (SSSR count). The minimum Gasteiger partial charge on any atom is -0.466 e. The monoisotopic (exact) mass is 222 g/mol. The molecule has 0 aromatic heterocycles. The number of carbonyl (C=O) groups excluding carboxylic acids is 1. The Morgan fingerprint density at radius 2 is 1.64 bits per heavy atom. The molecule has 0 saturated carbocycles. The van der Waals surface area contributed by atoms with Crippen LogP contribution in [0, 0.1) is 0 Å². The number of hydrogen-bond donors (Lipinski definition) is 0. The summed E-state index contributed by atoms with van der Waals surface area (Å²) in [7, 11) is 1.59. The molecule has 6 heteroatoms. The summed E-state index contributed by atoms with van der Waals surface area (Å²) in [6.45, 7) is 2.35. The maximum Gasteiger partial charge on any atom is 0.511 e. The average Bonchev–Trinajstić information content (AvgIpc) is 2.23. The van der Waals surface area contributed by atoms with Crippen LogP contribution in [0.2, 0.25) is 6.04 Å². The number of hydrogen-bond acceptors (Lipinski definition) is 5. The summed E-state index contributed by atoms with van der Waals surface area (Å²) in [5.74, 6) is -0.343. The molecule has 0 heterocycles. The van der Waals surface area contributed by atoms with Gasteiger partial charge in [0, 0.05) is 21.3 Å². The molecule has 0 aromatic rings. The molecule has 0 aliphatic rings. The molecule has 0 bridgehead atoms. The van der Waals surface area contributed by atoms with Gasteiger partial charge in [0.2, 0.25) is 0 Å². The van der Waals surface area contributed by atoms with E-state index < -0.39 is 8.80 Å². The predicted octanol–water partition coefficient (Wildman–Crippen LogP) is 0.818. The summed E-state index contributed by atoms with van der Waals surface area (Å²) in [6.07, 6.45) is 0.799. The number of ether oxygens (including phenoxy) is 1. The van der Waals surface area contributed by atoms with Gasteiger partial charge in [0.1, 0.15) is 6.04 Å². The van der Waals surface area contributed by atoms with Crippen LogP contribution in [0.15, 0.2) is 0 Å². The van der Waals surface area contributed by atoms with Gasteiger partial charge in [-0.3, -0.25) is 4.79 Å². The van der Waals surface area contributed by atoms with Crippen LogP contribution in [0.25, 0.3) is 0 Å². The average molecular weight is 222 g/mol. The van der Waals surface area contributed by atoms with Crippen LogP contribution in [0.4, 0.5) is 0 Å². The lowest BCUT2D eigenvalue weighted by Gasteiger charge is -2.23. The van der Waals surface area contributed by atoms with Crippen molar-refractivity contribution in [1.29, 1.82) is 0 Å². The fourth-order valence-electron chi connectivity index (χ4n) is 0.910. The Morgan fingerprint density at radius 3 is 2.00 bits per heavy atom.